The minimum atomic E-state index is -0.560. The predicted molar refractivity (Wildman–Crippen MR) is 143 cm³/mol. The fourth-order valence-electron chi connectivity index (χ4n) is 4.40. The maximum absolute atomic E-state index is 13.6. The molecule has 1 saturated heterocycles. The van der Waals surface area contributed by atoms with Gasteiger partial charge in [-0.05, 0) is 60.0 Å². The van der Waals surface area contributed by atoms with Crippen LogP contribution in [0.2, 0.25) is 5.02 Å². The van der Waals surface area contributed by atoms with Gasteiger partial charge in [-0.25, -0.2) is 9.18 Å². The van der Waals surface area contributed by atoms with Gasteiger partial charge in [0.2, 0.25) is 5.91 Å². The molecule has 0 aliphatic carbocycles. The number of nitriles is 1. The van der Waals surface area contributed by atoms with Crippen LogP contribution in [0.3, 0.4) is 0 Å². The zero-order valence-electron chi connectivity index (χ0n) is 20.4. The smallest absolute Gasteiger partial charge is 0.326 e. The molecule has 0 unspecified atom stereocenters. The summed E-state index contributed by atoms with van der Waals surface area (Å²) in [5, 5.41) is 14.9. The van der Waals surface area contributed by atoms with Crippen molar-refractivity contribution in [3.63, 3.8) is 0 Å². The van der Waals surface area contributed by atoms with Crippen LogP contribution in [-0.2, 0) is 4.79 Å². The van der Waals surface area contributed by atoms with E-state index in [0.717, 1.165) is 30.6 Å². The van der Waals surface area contributed by atoms with Crippen LogP contribution in [0.1, 0.15) is 18.9 Å². The molecule has 1 fully saturated rings. The zero-order valence-corrected chi connectivity index (χ0v) is 21.1. The van der Waals surface area contributed by atoms with Crippen molar-refractivity contribution in [1.82, 2.24) is 10.2 Å². The van der Waals surface area contributed by atoms with Crippen LogP contribution >= 0.6 is 11.6 Å². The van der Waals surface area contributed by atoms with Gasteiger partial charge in [0.05, 0.1) is 16.7 Å². The number of benzene rings is 3. The third kappa shape index (κ3) is 6.85. The van der Waals surface area contributed by atoms with Gasteiger partial charge in [0.1, 0.15) is 5.82 Å². The molecule has 0 aromatic heterocycles. The SMILES string of the molecule is CC(=O)N[C@@H]1CCN(CCN(C(=O)Nc2ccc(F)c(Cl)c2)c2ccc(-c3cccc(C#N)c3)cc2)C1. The zero-order chi connectivity index (χ0) is 26.4. The lowest BCUT2D eigenvalue weighted by Crippen LogP contribution is -2.42. The first-order valence-electron chi connectivity index (χ1n) is 12.0. The Labute approximate surface area is 220 Å². The number of rotatable bonds is 7. The summed E-state index contributed by atoms with van der Waals surface area (Å²) >= 11 is 5.89. The topological polar surface area (TPSA) is 88.5 Å². The minimum absolute atomic E-state index is 0.0498. The quantitative estimate of drug-likeness (QED) is 0.445. The van der Waals surface area contributed by atoms with Crippen molar-refractivity contribution in [2.45, 2.75) is 19.4 Å². The number of likely N-dealkylation sites (tertiary alicyclic amines) is 1. The van der Waals surface area contributed by atoms with Gasteiger partial charge in [-0.1, -0.05) is 35.9 Å². The standard InChI is InChI=1S/C28H27ClFN5O2/c1-19(36)32-24-11-12-34(18-24)13-14-35(28(37)33-23-7-10-27(30)26(29)16-23)25-8-5-21(6-9-25)22-4-2-3-20(15-22)17-31/h2-10,15-16,24H,11-14,18H2,1H3,(H,32,36)(H,33,37)/t24-/m1/s1. The fourth-order valence-corrected chi connectivity index (χ4v) is 4.58. The van der Waals surface area contributed by atoms with E-state index in [1.165, 1.54) is 25.1 Å². The maximum Gasteiger partial charge on any atom is 0.326 e. The van der Waals surface area contributed by atoms with Crippen LogP contribution in [0.5, 0.6) is 0 Å². The lowest BCUT2D eigenvalue weighted by molar-refractivity contribution is -0.119. The van der Waals surface area contributed by atoms with Crippen LogP contribution < -0.4 is 15.5 Å². The first-order chi connectivity index (χ1) is 17.8. The second-order valence-corrected chi connectivity index (χ2v) is 9.34. The van der Waals surface area contributed by atoms with E-state index in [1.807, 2.05) is 42.5 Å². The second-order valence-electron chi connectivity index (χ2n) is 8.94. The highest BCUT2D eigenvalue weighted by atomic mass is 35.5. The molecule has 9 heteroatoms. The molecule has 4 rings (SSSR count). The molecule has 1 aliphatic heterocycles. The number of carbonyl (C=O) groups is 2. The number of nitrogens with one attached hydrogen (secondary N) is 2. The Morgan fingerprint density at radius 2 is 1.92 bits per heavy atom. The normalized spacial score (nSPS) is 15.1. The molecule has 3 aromatic rings. The van der Waals surface area contributed by atoms with E-state index in [2.05, 4.69) is 21.6 Å². The van der Waals surface area contributed by atoms with Gasteiger partial charge in [-0.2, -0.15) is 5.26 Å². The van der Waals surface area contributed by atoms with Crippen molar-refractivity contribution >= 4 is 34.9 Å². The van der Waals surface area contributed by atoms with Crippen LogP contribution in [0, 0.1) is 17.1 Å². The molecule has 3 amide bonds. The molecule has 0 bridgehead atoms. The molecule has 0 radical (unpaired) electrons. The monoisotopic (exact) mass is 519 g/mol. The van der Waals surface area contributed by atoms with Gasteiger partial charge in [0.15, 0.2) is 0 Å². The Morgan fingerprint density at radius 1 is 1.14 bits per heavy atom. The van der Waals surface area contributed by atoms with E-state index in [4.69, 9.17) is 11.6 Å². The molecule has 0 saturated carbocycles. The lowest BCUT2D eigenvalue weighted by atomic mass is 10.0. The van der Waals surface area contributed by atoms with E-state index in [9.17, 15) is 19.2 Å². The van der Waals surface area contributed by atoms with Gasteiger partial charge in [0.25, 0.3) is 0 Å². The molecule has 0 spiro atoms. The van der Waals surface area contributed by atoms with Gasteiger partial charge < -0.3 is 10.6 Å². The Bertz CT molecular complexity index is 1320. The number of carbonyl (C=O) groups excluding carboxylic acids is 2. The third-order valence-corrected chi connectivity index (χ3v) is 6.53. The number of amides is 3. The van der Waals surface area contributed by atoms with Crippen molar-refractivity contribution in [2.24, 2.45) is 0 Å². The molecular weight excluding hydrogens is 493 g/mol. The molecule has 37 heavy (non-hydrogen) atoms. The molecule has 1 heterocycles. The summed E-state index contributed by atoms with van der Waals surface area (Å²) in [5.74, 6) is -0.610. The van der Waals surface area contributed by atoms with E-state index >= 15 is 0 Å². The van der Waals surface area contributed by atoms with E-state index in [1.54, 1.807) is 11.0 Å². The highest BCUT2D eigenvalue weighted by Crippen LogP contribution is 2.26. The minimum Gasteiger partial charge on any atom is -0.352 e. The van der Waals surface area contributed by atoms with Gasteiger partial charge >= 0.3 is 6.03 Å². The van der Waals surface area contributed by atoms with Crippen molar-refractivity contribution in [3.05, 3.63) is 83.1 Å². The van der Waals surface area contributed by atoms with Gasteiger partial charge in [-0.15, -0.1) is 0 Å². The first-order valence-corrected chi connectivity index (χ1v) is 12.3. The first kappa shape index (κ1) is 26.1. The second kappa shape index (κ2) is 11.9. The molecule has 7 nitrogen and oxygen atoms in total. The molecule has 3 aromatic carbocycles. The van der Waals surface area contributed by atoms with Crippen molar-refractivity contribution in [2.75, 3.05) is 36.4 Å². The fraction of sp³-hybridized carbons (Fsp3) is 0.250. The van der Waals surface area contributed by atoms with Crippen LogP contribution in [0.25, 0.3) is 11.1 Å². The van der Waals surface area contributed by atoms with Crippen LogP contribution in [0.15, 0.2) is 66.7 Å². The molecular formula is C28H27ClFN5O2. The molecule has 1 atom stereocenters. The summed E-state index contributed by atoms with van der Waals surface area (Å²) < 4.78 is 13.6. The highest BCUT2D eigenvalue weighted by molar-refractivity contribution is 6.31. The Morgan fingerprint density at radius 3 is 2.62 bits per heavy atom. The van der Waals surface area contributed by atoms with Crippen molar-refractivity contribution in [1.29, 1.82) is 5.26 Å². The Balaban J connectivity index is 1.52. The summed E-state index contributed by atoms with van der Waals surface area (Å²) in [6, 6.07) is 20.8. The predicted octanol–water partition coefficient (Wildman–Crippen LogP) is 5.27. The maximum atomic E-state index is 13.6. The summed E-state index contributed by atoms with van der Waals surface area (Å²) in [6.45, 7) is 4.06. The Kier molecular flexibility index (Phi) is 8.39. The van der Waals surface area contributed by atoms with E-state index in [-0.39, 0.29) is 23.0 Å². The van der Waals surface area contributed by atoms with Gasteiger partial charge in [0, 0.05) is 50.5 Å². The highest BCUT2D eigenvalue weighted by Gasteiger charge is 2.25. The summed E-state index contributed by atoms with van der Waals surface area (Å²) in [6.07, 6.45) is 0.857. The van der Waals surface area contributed by atoms with Crippen LogP contribution in [0.4, 0.5) is 20.6 Å². The average Bonchev–Trinajstić information content (AvgIpc) is 3.33. The molecule has 1 aliphatic rings. The molecule has 190 valence electrons. The van der Waals surface area contributed by atoms with E-state index in [0.29, 0.717) is 30.0 Å². The average molecular weight is 520 g/mol. The lowest BCUT2D eigenvalue weighted by Gasteiger charge is -2.26. The number of urea groups is 1. The Hall–Kier alpha value is -3.93. The number of nitrogens with zero attached hydrogens (tertiary/aromatic N) is 3. The number of hydrogen-bond acceptors (Lipinski definition) is 4. The largest absolute Gasteiger partial charge is 0.352 e. The van der Waals surface area contributed by atoms with E-state index < -0.39 is 5.82 Å². The number of hydrogen-bond donors (Lipinski definition) is 2. The molecule has 2 N–H and O–H groups in total. The summed E-state index contributed by atoms with van der Waals surface area (Å²) in [4.78, 5) is 28.5. The summed E-state index contributed by atoms with van der Waals surface area (Å²) in [7, 11) is 0. The number of anilines is 2. The third-order valence-electron chi connectivity index (χ3n) is 6.24. The van der Waals surface area contributed by atoms with Crippen molar-refractivity contribution in [3.8, 4) is 17.2 Å². The van der Waals surface area contributed by atoms with Crippen molar-refractivity contribution < 1.29 is 14.0 Å². The van der Waals surface area contributed by atoms with Crippen LogP contribution in [-0.4, -0.2) is 49.1 Å². The summed E-state index contributed by atoms with van der Waals surface area (Å²) in [5.41, 5.74) is 3.47. The number of halogens is 2. The van der Waals surface area contributed by atoms with Gasteiger partial charge in [-0.3, -0.25) is 14.6 Å².